The fraction of sp³-hybridized carbons (Fsp3) is 0.444. The van der Waals surface area contributed by atoms with Crippen LogP contribution in [-0.4, -0.2) is 43.0 Å². The van der Waals surface area contributed by atoms with Crippen molar-refractivity contribution in [1.82, 2.24) is 15.5 Å². The zero-order valence-electron chi connectivity index (χ0n) is 13.9. The van der Waals surface area contributed by atoms with Gasteiger partial charge in [0.15, 0.2) is 17.3 Å². The van der Waals surface area contributed by atoms with Crippen LogP contribution in [0.15, 0.2) is 30.3 Å². The molecule has 0 bridgehead atoms. The third-order valence-electron chi connectivity index (χ3n) is 4.43. The van der Waals surface area contributed by atoms with Crippen molar-refractivity contribution in [2.75, 3.05) is 37.7 Å². The van der Waals surface area contributed by atoms with E-state index in [2.05, 4.69) is 32.5 Å². The summed E-state index contributed by atoms with van der Waals surface area (Å²) >= 11 is 0. The standard InChI is InChI=1S/C18H22N4O2/c1-13-2-5-18(21-20-13)22-11-15(12-22)10-19-9-14-3-4-16-17(8-14)24-7-6-23-16/h2-5,8,15,19H,6-7,9-12H2,1H3. The molecule has 1 saturated heterocycles. The highest BCUT2D eigenvalue weighted by molar-refractivity contribution is 5.44. The zero-order chi connectivity index (χ0) is 16.4. The Morgan fingerprint density at radius 2 is 1.92 bits per heavy atom. The number of nitrogens with zero attached hydrogens (tertiary/aromatic N) is 3. The van der Waals surface area contributed by atoms with Crippen molar-refractivity contribution in [1.29, 1.82) is 0 Å². The van der Waals surface area contributed by atoms with Crippen molar-refractivity contribution in [2.24, 2.45) is 5.92 Å². The van der Waals surface area contributed by atoms with Crippen molar-refractivity contribution in [2.45, 2.75) is 13.5 Å². The smallest absolute Gasteiger partial charge is 0.161 e. The van der Waals surface area contributed by atoms with Crippen molar-refractivity contribution in [3.8, 4) is 11.5 Å². The SMILES string of the molecule is Cc1ccc(N2CC(CNCc3ccc4c(c3)OCCO4)C2)nn1. The monoisotopic (exact) mass is 326 g/mol. The third-order valence-corrected chi connectivity index (χ3v) is 4.43. The quantitative estimate of drug-likeness (QED) is 0.904. The second-order valence-electron chi connectivity index (χ2n) is 6.41. The first-order chi connectivity index (χ1) is 11.8. The lowest BCUT2D eigenvalue weighted by Crippen LogP contribution is -2.51. The van der Waals surface area contributed by atoms with E-state index in [9.17, 15) is 0 Å². The highest BCUT2D eigenvalue weighted by Crippen LogP contribution is 2.30. The fourth-order valence-electron chi connectivity index (χ4n) is 3.06. The molecule has 0 unspecified atom stereocenters. The lowest BCUT2D eigenvalue weighted by Gasteiger charge is -2.40. The van der Waals surface area contributed by atoms with Crippen LogP contribution in [0.25, 0.3) is 0 Å². The van der Waals surface area contributed by atoms with Crippen LogP contribution in [0, 0.1) is 12.8 Å². The van der Waals surface area contributed by atoms with Gasteiger partial charge >= 0.3 is 0 Å². The number of hydrogen-bond donors (Lipinski definition) is 1. The molecular weight excluding hydrogens is 304 g/mol. The fourth-order valence-corrected chi connectivity index (χ4v) is 3.06. The average molecular weight is 326 g/mol. The topological polar surface area (TPSA) is 59.5 Å². The molecule has 2 aliphatic heterocycles. The van der Waals surface area contributed by atoms with E-state index in [-0.39, 0.29) is 0 Å². The summed E-state index contributed by atoms with van der Waals surface area (Å²) < 4.78 is 11.2. The number of anilines is 1. The summed E-state index contributed by atoms with van der Waals surface area (Å²) in [7, 11) is 0. The van der Waals surface area contributed by atoms with Crippen molar-refractivity contribution >= 4 is 5.82 Å². The Morgan fingerprint density at radius 3 is 2.71 bits per heavy atom. The van der Waals surface area contributed by atoms with Gasteiger partial charge in [-0.15, -0.1) is 5.10 Å². The number of benzene rings is 1. The van der Waals surface area contributed by atoms with Gasteiger partial charge < -0.3 is 19.7 Å². The van der Waals surface area contributed by atoms with E-state index in [1.807, 2.05) is 25.1 Å². The lowest BCUT2D eigenvalue weighted by atomic mass is 10.00. The summed E-state index contributed by atoms with van der Waals surface area (Å²) in [5.41, 5.74) is 2.18. The van der Waals surface area contributed by atoms with Crippen LogP contribution in [0.2, 0.25) is 0 Å². The normalized spacial score (nSPS) is 16.8. The molecule has 126 valence electrons. The Hall–Kier alpha value is -2.34. The maximum Gasteiger partial charge on any atom is 0.161 e. The van der Waals surface area contributed by atoms with Gasteiger partial charge in [0.1, 0.15) is 13.2 Å². The van der Waals surface area contributed by atoms with Crippen molar-refractivity contribution in [3.63, 3.8) is 0 Å². The maximum absolute atomic E-state index is 5.62. The van der Waals surface area contributed by atoms with Gasteiger partial charge in [0, 0.05) is 32.1 Å². The minimum atomic E-state index is 0.629. The molecule has 0 spiro atoms. The highest BCUT2D eigenvalue weighted by Gasteiger charge is 2.27. The summed E-state index contributed by atoms with van der Waals surface area (Å²) in [6.45, 7) is 7.13. The predicted molar refractivity (Wildman–Crippen MR) is 91.6 cm³/mol. The molecule has 1 fully saturated rings. The third kappa shape index (κ3) is 3.28. The van der Waals surface area contributed by atoms with E-state index in [1.54, 1.807) is 0 Å². The van der Waals surface area contributed by atoms with Gasteiger partial charge in [-0.2, -0.15) is 5.10 Å². The van der Waals surface area contributed by atoms with E-state index < -0.39 is 0 Å². The maximum atomic E-state index is 5.62. The first kappa shape index (κ1) is 15.2. The Balaban J connectivity index is 1.22. The molecule has 0 atom stereocenters. The van der Waals surface area contributed by atoms with Crippen molar-refractivity contribution in [3.05, 3.63) is 41.6 Å². The Morgan fingerprint density at radius 1 is 1.08 bits per heavy atom. The van der Waals surface area contributed by atoms with Crippen molar-refractivity contribution < 1.29 is 9.47 Å². The lowest BCUT2D eigenvalue weighted by molar-refractivity contribution is 0.171. The van der Waals surface area contributed by atoms with Gasteiger partial charge in [-0.1, -0.05) is 6.07 Å². The second-order valence-corrected chi connectivity index (χ2v) is 6.41. The number of aromatic nitrogens is 2. The molecule has 1 aromatic carbocycles. The Labute approximate surface area is 141 Å². The molecule has 1 N–H and O–H groups in total. The van der Waals surface area contributed by atoms with Crippen LogP contribution < -0.4 is 19.7 Å². The Bertz CT molecular complexity index is 699. The molecule has 1 aromatic heterocycles. The minimum Gasteiger partial charge on any atom is -0.486 e. The molecular formula is C18H22N4O2. The number of hydrogen-bond acceptors (Lipinski definition) is 6. The summed E-state index contributed by atoms with van der Waals surface area (Å²) in [6.07, 6.45) is 0. The summed E-state index contributed by atoms with van der Waals surface area (Å²) in [4.78, 5) is 2.27. The molecule has 24 heavy (non-hydrogen) atoms. The van der Waals surface area contributed by atoms with Crippen LogP contribution in [0.5, 0.6) is 11.5 Å². The molecule has 0 aliphatic carbocycles. The molecule has 2 aliphatic rings. The number of aryl methyl sites for hydroxylation is 1. The molecule has 0 saturated carbocycles. The first-order valence-electron chi connectivity index (χ1n) is 8.42. The summed E-state index contributed by atoms with van der Waals surface area (Å²) in [5, 5.41) is 11.9. The van der Waals surface area contributed by atoms with E-state index in [0.717, 1.165) is 49.2 Å². The van der Waals surface area contributed by atoms with Gasteiger partial charge in [0.2, 0.25) is 0 Å². The molecule has 0 amide bonds. The largest absolute Gasteiger partial charge is 0.486 e. The van der Waals surface area contributed by atoms with Gasteiger partial charge in [0.05, 0.1) is 5.69 Å². The minimum absolute atomic E-state index is 0.629. The molecule has 6 heteroatoms. The molecule has 0 radical (unpaired) electrons. The average Bonchev–Trinajstić information content (AvgIpc) is 2.58. The molecule has 2 aromatic rings. The van der Waals surface area contributed by atoms with Crippen LogP contribution in [0.1, 0.15) is 11.3 Å². The number of nitrogens with one attached hydrogen (secondary N) is 1. The van der Waals surface area contributed by atoms with Crippen LogP contribution in [0.3, 0.4) is 0 Å². The molecule has 4 rings (SSSR count). The van der Waals surface area contributed by atoms with E-state index in [1.165, 1.54) is 5.56 Å². The number of fused-ring (bicyclic) bond motifs is 1. The highest BCUT2D eigenvalue weighted by atomic mass is 16.6. The molecule has 3 heterocycles. The first-order valence-corrected chi connectivity index (χ1v) is 8.42. The van der Waals surface area contributed by atoms with E-state index >= 15 is 0 Å². The van der Waals surface area contributed by atoms with Crippen LogP contribution in [0.4, 0.5) is 5.82 Å². The summed E-state index contributed by atoms with van der Waals surface area (Å²) in [5.74, 6) is 3.33. The van der Waals surface area contributed by atoms with Gasteiger partial charge in [-0.25, -0.2) is 0 Å². The number of ether oxygens (including phenoxy) is 2. The second kappa shape index (κ2) is 6.65. The number of rotatable bonds is 5. The molecule has 6 nitrogen and oxygen atoms in total. The van der Waals surface area contributed by atoms with E-state index in [4.69, 9.17) is 9.47 Å². The van der Waals surface area contributed by atoms with Gasteiger partial charge in [0.25, 0.3) is 0 Å². The summed E-state index contributed by atoms with van der Waals surface area (Å²) in [6, 6.07) is 10.2. The Kier molecular flexibility index (Phi) is 4.21. The predicted octanol–water partition coefficient (Wildman–Crippen LogP) is 1.78. The van der Waals surface area contributed by atoms with Crippen LogP contribution >= 0.6 is 0 Å². The van der Waals surface area contributed by atoms with Gasteiger partial charge in [-0.3, -0.25) is 0 Å². The zero-order valence-corrected chi connectivity index (χ0v) is 13.9. The van der Waals surface area contributed by atoms with Crippen LogP contribution in [-0.2, 0) is 6.54 Å². The van der Waals surface area contributed by atoms with E-state index in [0.29, 0.717) is 19.1 Å². The van der Waals surface area contributed by atoms with Gasteiger partial charge in [-0.05, 0) is 36.8 Å².